The predicted molar refractivity (Wildman–Crippen MR) is 99.1 cm³/mol. The largest absolute Gasteiger partial charge is 0.277 e. The topological polar surface area (TPSA) is 71.9 Å². The Morgan fingerprint density at radius 1 is 0.846 bits per heavy atom. The van der Waals surface area contributed by atoms with Gasteiger partial charge >= 0.3 is 0 Å². The van der Waals surface area contributed by atoms with Crippen LogP contribution in [0.25, 0.3) is 11.1 Å². The Labute approximate surface area is 152 Å². The van der Waals surface area contributed by atoms with E-state index in [1.165, 1.54) is 0 Å². The molecular formula is C20H19N5O. The summed E-state index contributed by atoms with van der Waals surface area (Å²) in [7, 11) is 0. The highest BCUT2D eigenvalue weighted by atomic mass is 16.2. The van der Waals surface area contributed by atoms with Gasteiger partial charge in [-0.05, 0) is 44.9 Å². The molecule has 0 spiro atoms. The highest BCUT2D eigenvalue weighted by molar-refractivity contribution is 6.12. The van der Waals surface area contributed by atoms with E-state index in [-0.39, 0.29) is 5.91 Å². The summed E-state index contributed by atoms with van der Waals surface area (Å²) >= 11 is 0. The zero-order valence-corrected chi connectivity index (χ0v) is 15.2. The summed E-state index contributed by atoms with van der Waals surface area (Å²) in [5.41, 5.74) is 3.78. The van der Waals surface area contributed by atoms with Gasteiger partial charge in [-0.15, -0.1) is 0 Å². The molecule has 6 nitrogen and oxygen atoms in total. The quantitative estimate of drug-likeness (QED) is 0.711. The molecule has 0 saturated heterocycles. The van der Waals surface area contributed by atoms with Gasteiger partial charge in [0.25, 0.3) is 0 Å². The minimum Gasteiger partial charge on any atom is -0.277 e. The van der Waals surface area contributed by atoms with E-state index in [1.807, 2.05) is 45.9 Å². The average Bonchev–Trinajstić information content (AvgIpc) is 2.83. The molecule has 0 unspecified atom stereocenters. The molecule has 1 aliphatic heterocycles. The van der Waals surface area contributed by atoms with Crippen LogP contribution in [-0.4, -0.2) is 25.8 Å². The fraction of sp³-hybridized carbons (Fsp3) is 0.250. The number of hydrogen-bond donors (Lipinski definition) is 0. The zero-order valence-electron chi connectivity index (χ0n) is 15.2. The van der Waals surface area contributed by atoms with Crippen molar-refractivity contribution in [3.05, 3.63) is 60.2 Å². The van der Waals surface area contributed by atoms with Crippen molar-refractivity contribution in [3.63, 3.8) is 0 Å². The van der Waals surface area contributed by atoms with Gasteiger partial charge in [0.05, 0.1) is 29.2 Å². The molecule has 1 aliphatic rings. The molecule has 3 heterocycles. The van der Waals surface area contributed by atoms with Gasteiger partial charge in [-0.2, -0.15) is 0 Å². The predicted octanol–water partition coefficient (Wildman–Crippen LogP) is 3.51. The Bertz CT molecular complexity index is 994. The lowest BCUT2D eigenvalue weighted by atomic mass is 9.85. The maximum Gasteiger partial charge on any atom is 0.241 e. The maximum atomic E-state index is 13.1. The van der Waals surface area contributed by atoms with Crippen LogP contribution in [0.15, 0.2) is 43.0 Å². The van der Waals surface area contributed by atoms with Crippen LogP contribution in [0.1, 0.15) is 31.1 Å². The van der Waals surface area contributed by atoms with Crippen molar-refractivity contribution in [3.8, 4) is 11.1 Å². The average molecular weight is 345 g/mol. The molecule has 3 aromatic rings. The normalized spacial score (nSPS) is 15.2. The summed E-state index contributed by atoms with van der Waals surface area (Å²) in [5, 5.41) is 0. The Morgan fingerprint density at radius 2 is 1.42 bits per heavy atom. The van der Waals surface area contributed by atoms with Crippen LogP contribution in [0.4, 0.5) is 11.4 Å². The fourth-order valence-corrected chi connectivity index (χ4v) is 3.23. The van der Waals surface area contributed by atoms with Crippen LogP contribution in [0, 0.1) is 13.8 Å². The van der Waals surface area contributed by atoms with Crippen molar-refractivity contribution in [2.45, 2.75) is 33.1 Å². The molecule has 26 heavy (non-hydrogen) atoms. The number of rotatable bonds is 2. The standard InChI is InChI=1S/C20H19N5O/c1-12-21-8-15(9-22-12)14-5-6-17-18(7-14)25(19(26)20(17,3)4)16-10-23-13(2)24-11-16/h5-11H,1-4H3. The summed E-state index contributed by atoms with van der Waals surface area (Å²) in [5.74, 6) is 1.41. The van der Waals surface area contributed by atoms with E-state index in [0.29, 0.717) is 11.5 Å². The molecule has 0 aliphatic carbocycles. The number of aryl methyl sites for hydroxylation is 2. The summed E-state index contributed by atoms with van der Waals surface area (Å²) in [6.45, 7) is 7.56. The molecule has 0 fully saturated rings. The summed E-state index contributed by atoms with van der Waals surface area (Å²) in [4.78, 5) is 31.8. The first kappa shape index (κ1) is 16.3. The Balaban J connectivity index is 1.87. The summed E-state index contributed by atoms with van der Waals surface area (Å²) < 4.78 is 0. The number of anilines is 2. The zero-order chi connectivity index (χ0) is 18.5. The number of fused-ring (bicyclic) bond motifs is 1. The monoisotopic (exact) mass is 345 g/mol. The molecule has 0 radical (unpaired) electrons. The van der Waals surface area contributed by atoms with E-state index >= 15 is 0 Å². The summed E-state index contributed by atoms with van der Waals surface area (Å²) in [6.07, 6.45) is 6.97. The number of carbonyl (C=O) groups is 1. The molecule has 6 heteroatoms. The Morgan fingerprint density at radius 3 is 2.04 bits per heavy atom. The van der Waals surface area contributed by atoms with E-state index in [0.717, 1.165) is 28.2 Å². The van der Waals surface area contributed by atoms with Gasteiger partial charge in [-0.25, -0.2) is 19.9 Å². The fourth-order valence-electron chi connectivity index (χ4n) is 3.23. The first-order valence-electron chi connectivity index (χ1n) is 8.44. The van der Waals surface area contributed by atoms with E-state index < -0.39 is 5.41 Å². The molecule has 2 aromatic heterocycles. The number of benzene rings is 1. The Hall–Kier alpha value is -3.15. The second-order valence-electron chi connectivity index (χ2n) is 7.00. The molecule has 4 rings (SSSR count). The first-order chi connectivity index (χ1) is 12.4. The number of aromatic nitrogens is 4. The molecule has 0 bridgehead atoms. The van der Waals surface area contributed by atoms with Crippen LogP contribution in [0.5, 0.6) is 0 Å². The molecule has 1 amide bonds. The number of hydrogen-bond acceptors (Lipinski definition) is 5. The van der Waals surface area contributed by atoms with Gasteiger partial charge in [-0.1, -0.05) is 12.1 Å². The van der Waals surface area contributed by atoms with Gasteiger partial charge in [0, 0.05) is 18.0 Å². The number of carbonyl (C=O) groups excluding carboxylic acids is 1. The van der Waals surface area contributed by atoms with Gasteiger partial charge in [-0.3, -0.25) is 9.69 Å². The lowest BCUT2D eigenvalue weighted by Crippen LogP contribution is -2.33. The second-order valence-corrected chi connectivity index (χ2v) is 7.00. The van der Waals surface area contributed by atoms with Gasteiger partial charge in [0.1, 0.15) is 11.6 Å². The first-order valence-corrected chi connectivity index (χ1v) is 8.44. The number of amides is 1. The van der Waals surface area contributed by atoms with Crippen molar-refractivity contribution < 1.29 is 4.79 Å². The van der Waals surface area contributed by atoms with Crippen LogP contribution in [0.2, 0.25) is 0 Å². The van der Waals surface area contributed by atoms with Gasteiger partial charge in [0.15, 0.2) is 0 Å². The smallest absolute Gasteiger partial charge is 0.241 e. The van der Waals surface area contributed by atoms with E-state index in [4.69, 9.17) is 0 Å². The Kier molecular flexibility index (Phi) is 3.57. The third kappa shape index (κ3) is 2.45. The highest BCUT2D eigenvalue weighted by Gasteiger charge is 2.44. The summed E-state index contributed by atoms with van der Waals surface area (Å²) in [6, 6.07) is 6.03. The van der Waals surface area contributed by atoms with Gasteiger partial charge in [0.2, 0.25) is 5.91 Å². The van der Waals surface area contributed by atoms with Crippen molar-refractivity contribution in [2.24, 2.45) is 0 Å². The van der Waals surface area contributed by atoms with Crippen LogP contribution >= 0.6 is 0 Å². The van der Waals surface area contributed by atoms with E-state index in [2.05, 4.69) is 19.9 Å². The van der Waals surface area contributed by atoms with Crippen LogP contribution < -0.4 is 4.90 Å². The SMILES string of the molecule is Cc1ncc(-c2ccc3c(c2)N(c2cnc(C)nc2)C(=O)C3(C)C)cn1. The molecule has 0 atom stereocenters. The molecule has 0 N–H and O–H groups in total. The van der Waals surface area contributed by atoms with E-state index in [9.17, 15) is 4.79 Å². The molecule has 0 saturated carbocycles. The van der Waals surface area contributed by atoms with Gasteiger partial charge < -0.3 is 0 Å². The second kappa shape index (κ2) is 5.69. The third-order valence-electron chi connectivity index (χ3n) is 4.79. The number of nitrogens with zero attached hydrogens (tertiary/aromatic N) is 5. The molecular weight excluding hydrogens is 326 g/mol. The van der Waals surface area contributed by atoms with Crippen LogP contribution in [-0.2, 0) is 10.2 Å². The van der Waals surface area contributed by atoms with Crippen molar-refractivity contribution in [1.29, 1.82) is 0 Å². The van der Waals surface area contributed by atoms with Crippen LogP contribution in [0.3, 0.4) is 0 Å². The lowest BCUT2D eigenvalue weighted by molar-refractivity contribution is -0.121. The van der Waals surface area contributed by atoms with E-state index in [1.54, 1.807) is 29.7 Å². The minimum absolute atomic E-state index is 0.0114. The lowest BCUT2D eigenvalue weighted by Gasteiger charge is -2.20. The van der Waals surface area contributed by atoms with Crippen molar-refractivity contribution >= 4 is 17.3 Å². The van der Waals surface area contributed by atoms with Crippen molar-refractivity contribution in [1.82, 2.24) is 19.9 Å². The molecule has 1 aromatic carbocycles. The molecule has 130 valence electrons. The highest BCUT2D eigenvalue weighted by Crippen LogP contribution is 2.46. The minimum atomic E-state index is -0.609. The maximum absolute atomic E-state index is 13.1. The van der Waals surface area contributed by atoms with Crippen molar-refractivity contribution in [2.75, 3.05) is 4.90 Å². The third-order valence-corrected chi connectivity index (χ3v) is 4.79.